The van der Waals surface area contributed by atoms with Crippen molar-refractivity contribution in [2.75, 3.05) is 5.32 Å². The fourth-order valence-corrected chi connectivity index (χ4v) is 4.15. The normalized spacial score (nSPS) is 22.5. The summed E-state index contributed by atoms with van der Waals surface area (Å²) in [6, 6.07) is 0.139. The third kappa shape index (κ3) is 2.69. The number of thiazole rings is 1. The number of Topliss-reactive ketones (excluding diaryl/α,β-unsaturated/α-hetero) is 1. The van der Waals surface area contributed by atoms with Crippen molar-refractivity contribution in [3.05, 3.63) is 27.8 Å². The van der Waals surface area contributed by atoms with Gasteiger partial charge < -0.3 is 5.32 Å². The first-order chi connectivity index (χ1) is 10.9. The molecule has 2 aromatic heterocycles. The second-order valence-corrected chi connectivity index (χ2v) is 8.68. The fourth-order valence-electron chi connectivity index (χ4n) is 3.33. The number of carbonyl (C=O) groups is 1. The third-order valence-electron chi connectivity index (χ3n) is 4.77. The number of aromatic nitrogens is 3. The minimum atomic E-state index is -0.136. The Bertz CT molecular complexity index is 756. The summed E-state index contributed by atoms with van der Waals surface area (Å²) >= 11 is 1.72. The van der Waals surface area contributed by atoms with Crippen molar-refractivity contribution in [1.29, 1.82) is 0 Å². The first-order valence-corrected chi connectivity index (χ1v) is 9.06. The Labute approximate surface area is 140 Å². The summed E-state index contributed by atoms with van der Waals surface area (Å²) in [4.78, 5) is 18.3. The van der Waals surface area contributed by atoms with Gasteiger partial charge in [0.15, 0.2) is 5.78 Å². The van der Waals surface area contributed by atoms with Crippen molar-refractivity contribution in [3.63, 3.8) is 0 Å². The van der Waals surface area contributed by atoms with E-state index in [0.29, 0.717) is 12.3 Å². The molecule has 0 bridgehead atoms. The van der Waals surface area contributed by atoms with Crippen molar-refractivity contribution >= 4 is 22.9 Å². The topological polar surface area (TPSA) is 59.8 Å². The van der Waals surface area contributed by atoms with Gasteiger partial charge in [-0.25, -0.2) is 9.67 Å². The number of carbonyl (C=O) groups excluding carboxylic acids is 1. The number of nitrogens with one attached hydrogen (secondary N) is 1. The Morgan fingerprint density at radius 1 is 1.43 bits per heavy atom. The first-order valence-electron chi connectivity index (χ1n) is 8.24. The van der Waals surface area contributed by atoms with E-state index in [1.165, 1.54) is 17.7 Å². The van der Waals surface area contributed by atoms with Gasteiger partial charge in [0.05, 0.1) is 23.3 Å². The van der Waals surface area contributed by atoms with Gasteiger partial charge >= 0.3 is 0 Å². The minimum Gasteiger partial charge on any atom is -0.360 e. The highest BCUT2D eigenvalue weighted by molar-refractivity contribution is 7.11. The average Bonchev–Trinajstić information content (AvgIpc) is 3.00. The molecule has 0 radical (unpaired) electrons. The first kappa shape index (κ1) is 14.9. The Kier molecular flexibility index (Phi) is 3.34. The molecular formula is C17H22N4OS. The zero-order valence-electron chi connectivity index (χ0n) is 13.8. The number of hydrogen-bond donors (Lipinski definition) is 1. The van der Waals surface area contributed by atoms with Gasteiger partial charge in [-0.2, -0.15) is 5.10 Å². The predicted molar refractivity (Wildman–Crippen MR) is 91.1 cm³/mol. The summed E-state index contributed by atoms with van der Waals surface area (Å²) in [5, 5.41) is 9.13. The fraction of sp³-hybridized carbons (Fsp3) is 0.588. The van der Waals surface area contributed by atoms with E-state index in [2.05, 4.69) is 36.2 Å². The molecule has 1 fully saturated rings. The molecule has 0 aromatic carbocycles. The van der Waals surface area contributed by atoms with Crippen LogP contribution in [-0.4, -0.2) is 20.5 Å². The summed E-state index contributed by atoms with van der Waals surface area (Å²) in [6.07, 6.45) is 7.60. The lowest BCUT2D eigenvalue weighted by atomic mass is 9.92. The van der Waals surface area contributed by atoms with Gasteiger partial charge in [-0.3, -0.25) is 4.79 Å². The van der Waals surface area contributed by atoms with Crippen molar-refractivity contribution < 1.29 is 4.79 Å². The smallest absolute Gasteiger partial charge is 0.168 e. The second-order valence-electron chi connectivity index (χ2n) is 7.41. The summed E-state index contributed by atoms with van der Waals surface area (Å²) < 4.78 is 1.98. The van der Waals surface area contributed by atoms with E-state index < -0.39 is 0 Å². The molecule has 0 saturated heterocycles. The van der Waals surface area contributed by atoms with Gasteiger partial charge in [0.25, 0.3) is 0 Å². The van der Waals surface area contributed by atoms with E-state index in [1.54, 1.807) is 17.5 Å². The number of nitrogens with zero attached hydrogens (tertiary/aromatic N) is 3. The van der Waals surface area contributed by atoms with Gasteiger partial charge in [-0.15, -0.1) is 11.3 Å². The van der Waals surface area contributed by atoms with Gasteiger partial charge in [0, 0.05) is 17.5 Å². The molecule has 23 heavy (non-hydrogen) atoms. The molecular weight excluding hydrogens is 308 g/mol. The van der Waals surface area contributed by atoms with Crippen LogP contribution in [0.3, 0.4) is 0 Å². The molecule has 2 aromatic rings. The van der Waals surface area contributed by atoms with E-state index in [-0.39, 0.29) is 17.4 Å². The average molecular weight is 330 g/mol. The molecule has 1 saturated carbocycles. The molecule has 5 nitrogen and oxygen atoms in total. The lowest BCUT2D eigenvalue weighted by Crippen LogP contribution is -2.38. The van der Waals surface area contributed by atoms with Crippen LogP contribution in [-0.2, 0) is 5.54 Å². The maximum atomic E-state index is 12.6. The SMILES string of the molecule is Cc1cnc(C2CC(C)(C)n3ncc(C(=O)CC4CC4)c3N2)s1. The molecule has 1 aliphatic carbocycles. The second kappa shape index (κ2) is 5.16. The van der Waals surface area contributed by atoms with Crippen LogP contribution in [0.4, 0.5) is 5.82 Å². The molecule has 1 aliphatic heterocycles. The Morgan fingerprint density at radius 2 is 2.22 bits per heavy atom. The summed E-state index contributed by atoms with van der Waals surface area (Å²) in [6.45, 7) is 6.42. The quantitative estimate of drug-likeness (QED) is 0.863. The van der Waals surface area contributed by atoms with Gasteiger partial charge in [0.2, 0.25) is 0 Å². The van der Waals surface area contributed by atoms with E-state index >= 15 is 0 Å². The molecule has 1 atom stereocenters. The lowest BCUT2D eigenvalue weighted by Gasteiger charge is -2.37. The molecule has 6 heteroatoms. The van der Waals surface area contributed by atoms with Crippen LogP contribution in [0.25, 0.3) is 0 Å². The van der Waals surface area contributed by atoms with Crippen LogP contribution in [0.15, 0.2) is 12.4 Å². The number of hydrogen-bond acceptors (Lipinski definition) is 5. The van der Waals surface area contributed by atoms with E-state index in [9.17, 15) is 4.79 Å². The standard InChI is InChI=1S/C17H22N4OS/c1-10-8-18-16(23-10)13-7-17(2,3)21-15(20-13)12(9-19-21)14(22)6-11-4-5-11/h8-9,11,13,20H,4-7H2,1-3H3. The Balaban J connectivity index is 1.68. The monoisotopic (exact) mass is 330 g/mol. The van der Waals surface area contributed by atoms with Crippen LogP contribution >= 0.6 is 11.3 Å². The molecule has 0 spiro atoms. The van der Waals surface area contributed by atoms with E-state index in [4.69, 9.17) is 0 Å². The van der Waals surface area contributed by atoms with Gasteiger partial charge in [0.1, 0.15) is 10.8 Å². The maximum absolute atomic E-state index is 12.6. The molecule has 1 unspecified atom stereocenters. The number of ketones is 1. The molecule has 3 heterocycles. The zero-order valence-corrected chi connectivity index (χ0v) is 14.6. The third-order valence-corrected chi connectivity index (χ3v) is 5.79. The minimum absolute atomic E-state index is 0.136. The van der Waals surface area contributed by atoms with Crippen molar-refractivity contribution in [1.82, 2.24) is 14.8 Å². The Morgan fingerprint density at radius 3 is 2.87 bits per heavy atom. The van der Waals surface area contributed by atoms with E-state index in [0.717, 1.165) is 22.8 Å². The molecule has 122 valence electrons. The number of fused-ring (bicyclic) bond motifs is 1. The van der Waals surface area contributed by atoms with Gasteiger partial charge in [-0.1, -0.05) is 0 Å². The number of rotatable bonds is 4. The highest BCUT2D eigenvalue weighted by Gasteiger charge is 2.38. The van der Waals surface area contributed by atoms with Crippen molar-refractivity contribution in [2.45, 2.75) is 58.0 Å². The van der Waals surface area contributed by atoms with Crippen molar-refractivity contribution in [2.24, 2.45) is 5.92 Å². The van der Waals surface area contributed by atoms with Crippen LogP contribution in [0.5, 0.6) is 0 Å². The highest BCUT2D eigenvalue weighted by atomic mass is 32.1. The summed E-state index contributed by atoms with van der Waals surface area (Å²) in [5.74, 6) is 1.67. The predicted octanol–water partition coefficient (Wildman–Crippen LogP) is 3.92. The molecule has 2 aliphatic rings. The largest absolute Gasteiger partial charge is 0.360 e. The van der Waals surface area contributed by atoms with E-state index in [1.807, 2.05) is 10.9 Å². The molecule has 1 N–H and O–H groups in total. The van der Waals surface area contributed by atoms with Crippen molar-refractivity contribution in [3.8, 4) is 0 Å². The number of aryl methyl sites for hydroxylation is 1. The zero-order chi connectivity index (χ0) is 16.2. The molecule has 0 amide bonds. The number of anilines is 1. The summed E-state index contributed by atoms with van der Waals surface area (Å²) in [5.41, 5.74) is 0.603. The molecule has 4 rings (SSSR count). The lowest BCUT2D eigenvalue weighted by molar-refractivity contribution is 0.0976. The van der Waals surface area contributed by atoms with Crippen LogP contribution in [0.2, 0.25) is 0 Å². The maximum Gasteiger partial charge on any atom is 0.168 e. The summed E-state index contributed by atoms with van der Waals surface area (Å²) in [7, 11) is 0. The van der Waals surface area contributed by atoms with Crippen LogP contribution in [0.1, 0.15) is 65.8 Å². The van der Waals surface area contributed by atoms with Crippen LogP contribution in [0, 0.1) is 12.8 Å². The highest BCUT2D eigenvalue weighted by Crippen LogP contribution is 2.42. The van der Waals surface area contributed by atoms with Gasteiger partial charge in [-0.05, 0) is 46.0 Å². The Hall–Kier alpha value is -1.69. The van der Waals surface area contributed by atoms with Crippen LogP contribution < -0.4 is 5.32 Å².